The first-order valence-corrected chi connectivity index (χ1v) is 4.95. The van der Waals surface area contributed by atoms with E-state index in [0.717, 1.165) is 5.92 Å². The molecule has 0 spiro atoms. The molecule has 2 aliphatic rings. The van der Waals surface area contributed by atoms with Crippen molar-refractivity contribution >= 4 is 0 Å². The Hall–Kier alpha value is -0.0400. The zero-order valence-electron chi connectivity index (χ0n) is 7.47. The minimum Gasteiger partial charge on any atom is -0.327 e. The first-order chi connectivity index (χ1) is 5.20. The van der Waals surface area contributed by atoms with Crippen LogP contribution in [0.15, 0.2) is 0 Å². The van der Waals surface area contributed by atoms with Crippen LogP contribution in [-0.2, 0) is 0 Å². The summed E-state index contributed by atoms with van der Waals surface area (Å²) in [5.74, 6) is 0.882. The summed E-state index contributed by atoms with van der Waals surface area (Å²) in [6, 6.07) is 0.524. The van der Waals surface area contributed by atoms with E-state index in [1.54, 1.807) is 0 Å². The van der Waals surface area contributed by atoms with E-state index in [2.05, 4.69) is 6.92 Å². The van der Waals surface area contributed by atoms with E-state index in [-0.39, 0.29) is 0 Å². The van der Waals surface area contributed by atoms with Crippen molar-refractivity contribution in [3.8, 4) is 0 Å². The van der Waals surface area contributed by atoms with Gasteiger partial charge in [0.15, 0.2) is 0 Å². The van der Waals surface area contributed by atoms with Crippen molar-refractivity contribution in [3.05, 3.63) is 0 Å². The molecule has 1 heteroatoms. The summed E-state index contributed by atoms with van der Waals surface area (Å²) in [6.45, 7) is 2.38. The van der Waals surface area contributed by atoms with E-state index in [1.807, 2.05) is 0 Å². The van der Waals surface area contributed by atoms with Gasteiger partial charge in [0.05, 0.1) is 0 Å². The van der Waals surface area contributed by atoms with Gasteiger partial charge in [-0.05, 0) is 43.4 Å². The number of nitrogens with two attached hydrogens (primary N) is 1. The van der Waals surface area contributed by atoms with Gasteiger partial charge in [0.2, 0.25) is 0 Å². The van der Waals surface area contributed by atoms with Crippen molar-refractivity contribution in [2.75, 3.05) is 0 Å². The van der Waals surface area contributed by atoms with E-state index < -0.39 is 0 Å². The molecule has 1 nitrogen and oxygen atoms in total. The van der Waals surface area contributed by atoms with E-state index in [0.29, 0.717) is 11.5 Å². The van der Waals surface area contributed by atoms with Gasteiger partial charge >= 0.3 is 0 Å². The molecule has 1 unspecified atom stereocenters. The van der Waals surface area contributed by atoms with Crippen molar-refractivity contribution in [1.29, 1.82) is 0 Å². The van der Waals surface area contributed by atoms with Crippen LogP contribution >= 0.6 is 0 Å². The lowest BCUT2D eigenvalue weighted by Crippen LogP contribution is -2.36. The van der Waals surface area contributed by atoms with Gasteiger partial charge in [-0.25, -0.2) is 0 Å². The Kier molecular flexibility index (Phi) is 1.71. The van der Waals surface area contributed by atoms with Gasteiger partial charge in [-0.3, -0.25) is 0 Å². The molecule has 0 aromatic heterocycles. The van der Waals surface area contributed by atoms with Crippen LogP contribution in [0.2, 0.25) is 0 Å². The summed E-state index contributed by atoms with van der Waals surface area (Å²) >= 11 is 0. The summed E-state index contributed by atoms with van der Waals surface area (Å²) in [6.07, 6.45) is 8.36. The van der Waals surface area contributed by atoms with Gasteiger partial charge in [-0.1, -0.05) is 13.3 Å². The predicted molar refractivity (Wildman–Crippen MR) is 47.3 cm³/mol. The highest BCUT2D eigenvalue weighted by Gasteiger charge is 2.40. The molecule has 0 aromatic rings. The molecule has 0 saturated heterocycles. The van der Waals surface area contributed by atoms with Crippen LogP contribution in [0.3, 0.4) is 0 Å². The summed E-state index contributed by atoms with van der Waals surface area (Å²) in [7, 11) is 0. The number of hydrogen-bond donors (Lipinski definition) is 1. The van der Waals surface area contributed by atoms with E-state index in [9.17, 15) is 0 Å². The highest BCUT2D eigenvalue weighted by atomic mass is 14.7. The van der Waals surface area contributed by atoms with Crippen LogP contribution in [0.1, 0.15) is 45.4 Å². The number of hydrogen-bond acceptors (Lipinski definition) is 1. The molecule has 2 aliphatic carbocycles. The third kappa shape index (κ3) is 1.58. The molecule has 0 aliphatic heterocycles. The van der Waals surface area contributed by atoms with Crippen LogP contribution in [0.4, 0.5) is 0 Å². The molecule has 0 radical (unpaired) electrons. The van der Waals surface area contributed by atoms with Gasteiger partial charge < -0.3 is 5.73 Å². The molecule has 1 atom stereocenters. The van der Waals surface area contributed by atoms with Gasteiger partial charge in [0.1, 0.15) is 0 Å². The van der Waals surface area contributed by atoms with Gasteiger partial charge in [-0.2, -0.15) is 0 Å². The molecular weight excluding hydrogens is 134 g/mol. The molecule has 0 heterocycles. The molecule has 64 valence electrons. The summed E-state index contributed by atoms with van der Waals surface area (Å²) in [5, 5.41) is 0. The van der Waals surface area contributed by atoms with Crippen LogP contribution in [0, 0.1) is 11.3 Å². The summed E-state index contributed by atoms with van der Waals surface area (Å²) < 4.78 is 0. The van der Waals surface area contributed by atoms with Crippen LogP contribution < -0.4 is 5.73 Å². The molecule has 0 bridgehead atoms. The molecular formula is C10H19N. The summed E-state index contributed by atoms with van der Waals surface area (Å²) in [5.41, 5.74) is 6.77. The molecule has 2 saturated carbocycles. The first kappa shape index (κ1) is 7.60. The van der Waals surface area contributed by atoms with E-state index in [1.165, 1.54) is 38.5 Å². The monoisotopic (exact) mass is 153 g/mol. The van der Waals surface area contributed by atoms with E-state index >= 15 is 0 Å². The SMILES string of the molecule is CC1(CC(N)C2CCC2)CC1. The Bertz CT molecular complexity index is 145. The maximum Gasteiger partial charge on any atom is 0.00723 e. The molecule has 2 N–H and O–H groups in total. The van der Waals surface area contributed by atoms with Crippen molar-refractivity contribution < 1.29 is 0 Å². The Morgan fingerprint density at radius 2 is 2.09 bits per heavy atom. The lowest BCUT2D eigenvalue weighted by Gasteiger charge is -2.32. The molecule has 0 aromatic carbocycles. The lowest BCUT2D eigenvalue weighted by atomic mass is 9.77. The number of rotatable bonds is 3. The Morgan fingerprint density at radius 1 is 1.45 bits per heavy atom. The third-order valence-corrected chi connectivity index (χ3v) is 3.59. The average Bonchev–Trinajstić information content (AvgIpc) is 2.41. The lowest BCUT2D eigenvalue weighted by molar-refractivity contribution is 0.230. The fourth-order valence-electron chi connectivity index (χ4n) is 2.02. The van der Waals surface area contributed by atoms with Crippen molar-refractivity contribution in [2.45, 2.75) is 51.5 Å². The highest BCUT2D eigenvalue weighted by molar-refractivity contribution is 4.94. The zero-order valence-corrected chi connectivity index (χ0v) is 7.47. The van der Waals surface area contributed by atoms with Gasteiger partial charge in [0, 0.05) is 6.04 Å². The third-order valence-electron chi connectivity index (χ3n) is 3.59. The minimum atomic E-state index is 0.524. The molecule has 11 heavy (non-hydrogen) atoms. The second-order valence-corrected chi connectivity index (χ2v) is 4.87. The average molecular weight is 153 g/mol. The topological polar surface area (TPSA) is 26.0 Å². The fourth-order valence-corrected chi connectivity index (χ4v) is 2.02. The van der Waals surface area contributed by atoms with Gasteiger partial charge in [-0.15, -0.1) is 0 Å². The quantitative estimate of drug-likeness (QED) is 0.661. The standard InChI is InChI=1S/C10H19N/c1-10(5-6-10)7-9(11)8-3-2-4-8/h8-9H,2-7,11H2,1H3. The summed E-state index contributed by atoms with van der Waals surface area (Å²) in [4.78, 5) is 0. The zero-order chi connectivity index (χ0) is 7.90. The fraction of sp³-hybridized carbons (Fsp3) is 1.00. The second-order valence-electron chi connectivity index (χ2n) is 4.87. The van der Waals surface area contributed by atoms with E-state index in [4.69, 9.17) is 5.73 Å². The highest BCUT2D eigenvalue weighted by Crippen LogP contribution is 2.50. The largest absolute Gasteiger partial charge is 0.327 e. The van der Waals surface area contributed by atoms with Crippen molar-refractivity contribution in [2.24, 2.45) is 17.1 Å². The van der Waals surface area contributed by atoms with Gasteiger partial charge in [0.25, 0.3) is 0 Å². The maximum absolute atomic E-state index is 6.11. The predicted octanol–water partition coefficient (Wildman–Crippen LogP) is 2.30. The Morgan fingerprint density at radius 3 is 2.45 bits per heavy atom. The van der Waals surface area contributed by atoms with Crippen LogP contribution in [-0.4, -0.2) is 6.04 Å². The molecule has 0 amide bonds. The van der Waals surface area contributed by atoms with Crippen LogP contribution in [0.25, 0.3) is 0 Å². The first-order valence-electron chi connectivity index (χ1n) is 4.95. The van der Waals surface area contributed by atoms with Crippen molar-refractivity contribution in [3.63, 3.8) is 0 Å². The van der Waals surface area contributed by atoms with Crippen LogP contribution in [0.5, 0.6) is 0 Å². The molecule has 2 fully saturated rings. The minimum absolute atomic E-state index is 0.524. The normalized spacial score (nSPS) is 31.1. The smallest absolute Gasteiger partial charge is 0.00723 e. The Labute approximate surface area is 69.4 Å². The molecule has 2 rings (SSSR count). The second kappa shape index (κ2) is 2.48. The van der Waals surface area contributed by atoms with Crippen molar-refractivity contribution in [1.82, 2.24) is 0 Å². The maximum atomic E-state index is 6.11. The Balaban J connectivity index is 1.76.